The van der Waals surface area contributed by atoms with Crippen molar-refractivity contribution in [1.29, 1.82) is 0 Å². The second-order valence-corrected chi connectivity index (χ2v) is 5.84. The number of carbonyl (C=O) groups excluding carboxylic acids is 1. The maximum Gasteiger partial charge on any atom is 0.262 e. The van der Waals surface area contributed by atoms with Crippen LogP contribution in [0, 0.1) is 0 Å². The first kappa shape index (κ1) is 13.8. The Hall–Kier alpha value is -2.83. The summed E-state index contributed by atoms with van der Waals surface area (Å²) in [5.41, 5.74) is 3.83. The van der Waals surface area contributed by atoms with Crippen molar-refractivity contribution in [3.05, 3.63) is 41.7 Å². The third-order valence-corrected chi connectivity index (χ3v) is 4.17. The van der Waals surface area contributed by atoms with Gasteiger partial charge in [0, 0.05) is 37.8 Å². The molecular weight excluding hydrogens is 294 g/mol. The molecule has 1 aromatic carbocycles. The van der Waals surface area contributed by atoms with E-state index in [0.717, 1.165) is 23.3 Å². The van der Waals surface area contributed by atoms with E-state index in [4.69, 9.17) is 4.74 Å². The molecule has 1 atom stereocenters. The molecule has 0 spiro atoms. The fourth-order valence-electron chi connectivity index (χ4n) is 3.00. The van der Waals surface area contributed by atoms with E-state index < -0.39 is 0 Å². The summed E-state index contributed by atoms with van der Waals surface area (Å²) in [5, 5.41) is 13.7. The third kappa shape index (κ3) is 2.44. The quantitative estimate of drug-likeness (QED) is 0.913. The van der Waals surface area contributed by atoms with Crippen molar-refractivity contribution in [2.75, 3.05) is 19.0 Å². The number of rotatable bonds is 2. The Balaban J connectivity index is 1.60. The molecule has 0 radical (unpaired) electrons. The number of aromatic nitrogens is 2. The number of aryl methyl sites for hydroxylation is 1. The van der Waals surface area contributed by atoms with Gasteiger partial charge in [0.2, 0.25) is 0 Å². The predicted molar refractivity (Wildman–Crippen MR) is 85.4 cm³/mol. The smallest absolute Gasteiger partial charge is 0.262 e. The topological polar surface area (TPSA) is 71.8 Å². The molecule has 0 saturated carbocycles. The van der Waals surface area contributed by atoms with Crippen molar-refractivity contribution >= 4 is 17.3 Å². The van der Waals surface area contributed by atoms with Crippen LogP contribution < -0.4 is 10.1 Å². The molecule has 2 aliphatic rings. The van der Waals surface area contributed by atoms with Crippen LogP contribution in [0.1, 0.15) is 23.6 Å². The van der Waals surface area contributed by atoms with E-state index in [-0.39, 0.29) is 18.6 Å². The number of ether oxygens (including phenoxy) is 1. The van der Waals surface area contributed by atoms with Crippen molar-refractivity contribution in [3.63, 3.8) is 0 Å². The molecule has 0 aliphatic carbocycles. The first-order valence-electron chi connectivity index (χ1n) is 7.46. The minimum absolute atomic E-state index is 0.0686. The zero-order valence-electron chi connectivity index (χ0n) is 13.0. The molecule has 1 aromatic heterocycles. The summed E-state index contributed by atoms with van der Waals surface area (Å²) < 4.78 is 7.19. The first-order valence-corrected chi connectivity index (χ1v) is 7.46. The highest BCUT2D eigenvalue weighted by molar-refractivity contribution is 6.04. The second-order valence-electron chi connectivity index (χ2n) is 5.84. The summed E-state index contributed by atoms with van der Waals surface area (Å²) in [5.74, 6) is 0.567. The SMILES string of the molecule is CN1N=C(c2ccc3c(c2)NC(=O)CO3)C[C@@H]1c1cnn(C)c1. The molecule has 4 rings (SSSR count). The highest BCUT2D eigenvalue weighted by Gasteiger charge is 2.28. The second kappa shape index (κ2) is 5.12. The van der Waals surface area contributed by atoms with Gasteiger partial charge in [0.05, 0.1) is 23.6 Å². The standard InChI is InChI=1S/C16H17N5O2/c1-20-8-11(7-17-20)14-6-12(19-21(14)2)10-3-4-15-13(5-10)18-16(22)9-23-15/h3-5,7-8,14H,6,9H2,1-2H3,(H,18,22)/t14-/m1/s1. The van der Waals surface area contributed by atoms with E-state index in [1.165, 1.54) is 0 Å². The fourth-order valence-corrected chi connectivity index (χ4v) is 3.00. The number of carbonyl (C=O) groups is 1. The lowest BCUT2D eigenvalue weighted by molar-refractivity contribution is -0.118. The minimum atomic E-state index is -0.131. The molecule has 3 heterocycles. The Bertz CT molecular complexity index is 811. The molecule has 23 heavy (non-hydrogen) atoms. The van der Waals surface area contributed by atoms with Gasteiger partial charge in [0.15, 0.2) is 6.61 Å². The number of nitrogens with one attached hydrogen (secondary N) is 1. The van der Waals surface area contributed by atoms with E-state index in [2.05, 4.69) is 15.5 Å². The molecule has 0 bridgehead atoms. The number of nitrogens with zero attached hydrogens (tertiary/aromatic N) is 4. The van der Waals surface area contributed by atoms with Gasteiger partial charge in [-0.1, -0.05) is 0 Å². The monoisotopic (exact) mass is 311 g/mol. The summed E-state index contributed by atoms with van der Waals surface area (Å²) in [6.45, 7) is 0.0686. The van der Waals surface area contributed by atoms with Crippen molar-refractivity contribution < 1.29 is 9.53 Å². The van der Waals surface area contributed by atoms with Crippen LogP contribution in [0.3, 0.4) is 0 Å². The number of anilines is 1. The van der Waals surface area contributed by atoms with Gasteiger partial charge in [0.1, 0.15) is 5.75 Å². The molecule has 1 amide bonds. The summed E-state index contributed by atoms with van der Waals surface area (Å²) in [4.78, 5) is 11.5. The largest absolute Gasteiger partial charge is 0.482 e. The van der Waals surface area contributed by atoms with Crippen LogP contribution in [0.4, 0.5) is 5.69 Å². The van der Waals surface area contributed by atoms with Crippen LogP contribution in [-0.2, 0) is 11.8 Å². The average molecular weight is 311 g/mol. The maximum absolute atomic E-state index is 11.5. The van der Waals surface area contributed by atoms with Crippen LogP contribution in [-0.4, -0.2) is 40.1 Å². The van der Waals surface area contributed by atoms with Gasteiger partial charge in [-0.25, -0.2) is 0 Å². The molecule has 118 valence electrons. The van der Waals surface area contributed by atoms with E-state index in [9.17, 15) is 4.79 Å². The average Bonchev–Trinajstić information content (AvgIpc) is 3.12. The van der Waals surface area contributed by atoms with Gasteiger partial charge < -0.3 is 10.1 Å². The zero-order chi connectivity index (χ0) is 16.0. The van der Waals surface area contributed by atoms with Gasteiger partial charge >= 0.3 is 0 Å². The minimum Gasteiger partial charge on any atom is -0.482 e. The Morgan fingerprint density at radius 1 is 1.35 bits per heavy atom. The van der Waals surface area contributed by atoms with Crippen molar-refractivity contribution in [1.82, 2.24) is 14.8 Å². The summed E-state index contributed by atoms with van der Waals surface area (Å²) in [6.07, 6.45) is 4.69. The normalized spacial score (nSPS) is 19.9. The number of fused-ring (bicyclic) bond motifs is 1. The molecule has 1 N–H and O–H groups in total. The summed E-state index contributed by atoms with van der Waals surface area (Å²) in [6, 6.07) is 5.96. The summed E-state index contributed by atoms with van der Waals surface area (Å²) in [7, 11) is 3.88. The Morgan fingerprint density at radius 2 is 2.22 bits per heavy atom. The summed E-state index contributed by atoms with van der Waals surface area (Å²) >= 11 is 0. The molecule has 2 aliphatic heterocycles. The molecule has 0 saturated heterocycles. The van der Waals surface area contributed by atoms with E-state index in [1.54, 1.807) is 4.68 Å². The highest BCUT2D eigenvalue weighted by atomic mass is 16.5. The van der Waals surface area contributed by atoms with Crippen LogP contribution in [0.5, 0.6) is 5.75 Å². The van der Waals surface area contributed by atoms with E-state index in [0.29, 0.717) is 11.4 Å². The Morgan fingerprint density at radius 3 is 3.00 bits per heavy atom. The molecule has 2 aromatic rings. The van der Waals surface area contributed by atoms with E-state index in [1.807, 2.05) is 49.7 Å². The molecule has 7 heteroatoms. The van der Waals surface area contributed by atoms with Crippen LogP contribution in [0.2, 0.25) is 0 Å². The van der Waals surface area contributed by atoms with Gasteiger partial charge in [-0.15, -0.1) is 0 Å². The number of hydrogen-bond acceptors (Lipinski definition) is 5. The number of amides is 1. The Labute approximate surface area is 133 Å². The number of hydrazone groups is 1. The lowest BCUT2D eigenvalue weighted by Gasteiger charge is -2.18. The molecule has 7 nitrogen and oxygen atoms in total. The maximum atomic E-state index is 11.5. The van der Waals surface area contributed by atoms with Gasteiger partial charge in [-0.3, -0.25) is 14.5 Å². The lowest BCUT2D eigenvalue weighted by Crippen LogP contribution is -2.25. The lowest BCUT2D eigenvalue weighted by atomic mass is 10.00. The van der Waals surface area contributed by atoms with Gasteiger partial charge in [0.25, 0.3) is 5.91 Å². The first-order chi connectivity index (χ1) is 11.1. The molecule has 0 unspecified atom stereocenters. The van der Waals surface area contributed by atoms with Crippen LogP contribution >= 0.6 is 0 Å². The Kier molecular flexibility index (Phi) is 3.07. The van der Waals surface area contributed by atoms with Crippen molar-refractivity contribution in [2.24, 2.45) is 12.1 Å². The molecular formula is C16H17N5O2. The van der Waals surface area contributed by atoms with Crippen LogP contribution in [0.15, 0.2) is 35.7 Å². The molecule has 0 fully saturated rings. The van der Waals surface area contributed by atoms with Crippen molar-refractivity contribution in [3.8, 4) is 5.75 Å². The van der Waals surface area contributed by atoms with Crippen LogP contribution in [0.25, 0.3) is 0 Å². The van der Waals surface area contributed by atoms with Gasteiger partial charge in [-0.05, 0) is 18.2 Å². The predicted octanol–water partition coefficient (Wildman–Crippen LogP) is 1.53. The fraction of sp³-hybridized carbons (Fsp3) is 0.312. The third-order valence-electron chi connectivity index (χ3n) is 4.17. The highest BCUT2D eigenvalue weighted by Crippen LogP contribution is 2.34. The zero-order valence-corrected chi connectivity index (χ0v) is 13.0. The number of hydrogen-bond donors (Lipinski definition) is 1. The number of benzene rings is 1. The van der Waals surface area contributed by atoms with Gasteiger partial charge in [-0.2, -0.15) is 10.2 Å². The van der Waals surface area contributed by atoms with E-state index >= 15 is 0 Å². The van der Waals surface area contributed by atoms with Crippen molar-refractivity contribution in [2.45, 2.75) is 12.5 Å².